The third kappa shape index (κ3) is 5.24. The molecular formula is C25H30ClN5O3. The van der Waals surface area contributed by atoms with E-state index in [1.165, 1.54) is 10.5 Å². The molecule has 0 aliphatic carbocycles. The van der Waals surface area contributed by atoms with Crippen molar-refractivity contribution in [2.45, 2.75) is 50.3 Å². The predicted molar refractivity (Wildman–Crippen MR) is 129 cm³/mol. The molecule has 2 aromatic rings. The van der Waals surface area contributed by atoms with E-state index in [4.69, 9.17) is 16.3 Å². The minimum absolute atomic E-state index is 0.0837. The van der Waals surface area contributed by atoms with Crippen molar-refractivity contribution < 1.29 is 14.3 Å². The minimum Gasteiger partial charge on any atom is -0.373 e. The van der Waals surface area contributed by atoms with E-state index in [-0.39, 0.29) is 24.0 Å². The van der Waals surface area contributed by atoms with Gasteiger partial charge in [-0.05, 0) is 43.0 Å². The van der Waals surface area contributed by atoms with Gasteiger partial charge in [0.15, 0.2) is 0 Å². The Morgan fingerprint density at radius 2 is 1.68 bits per heavy atom. The largest absolute Gasteiger partial charge is 0.373 e. The summed E-state index contributed by atoms with van der Waals surface area (Å²) in [4.78, 5) is 39.3. The van der Waals surface area contributed by atoms with Gasteiger partial charge >= 0.3 is 0 Å². The van der Waals surface area contributed by atoms with Crippen molar-refractivity contribution >= 4 is 29.4 Å². The molecule has 9 heteroatoms. The molecule has 2 amide bonds. The van der Waals surface area contributed by atoms with E-state index in [0.717, 1.165) is 43.3 Å². The van der Waals surface area contributed by atoms with Gasteiger partial charge in [0.2, 0.25) is 17.8 Å². The lowest BCUT2D eigenvalue weighted by atomic mass is 9.96. The number of rotatable bonds is 6. The van der Waals surface area contributed by atoms with Gasteiger partial charge in [0.25, 0.3) is 0 Å². The molecule has 2 atom stereocenters. The number of carbonyl (C=O) groups excluding carboxylic acids is 2. The first-order chi connectivity index (χ1) is 16.6. The molecule has 8 nitrogen and oxygen atoms in total. The molecule has 0 bridgehead atoms. The normalized spacial score (nSPS) is 24.7. The number of carbonyl (C=O) groups is 2. The summed E-state index contributed by atoms with van der Waals surface area (Å²) < 4.78 is 6.21. The Hall–Kier alpha value is -2.55. The van der Waals surface area contributed by atoms with Crippen LogP contribution in [0.15, 0.2) is 42.7 Å². The van der Waals surface area contributed by atoms with Crippen molar-refractivity contribution in [1.82, 2.24) is 19.8 Å². The number of likely N-dealkylation sites (tertiary alicyclic amines) is 1. The van der Waals surface area contributed by atoms with Crippen molar-refractivity contribution in [3.63, 3.8) is 0 Å². The van der Waals surface area contributed by atoms with E-state index in [0.29, 0.717) is 38.6 Å². The van der Waals surface area contributed by atoms with Crippen molar-refractivity contribution in [3.05, 3.63) is 53.3 Å². The monoisotopic (exact) mass is 483 g/mol. The van der Waals surface area contributed by atoms with Gasteiger partial charge in [-0.15, -0.1) is 0 Å². The first kappa shape index (κ1) is 23.2. The maximum absolute atomic E-state index is 12.2. The zero-order chi connectivity index (χ0) is 23.5. The standard InChI is InChI=1S/C25H30ClN5O3/c26-19-4-2-18(3-5-19)14-21-17-34-22(16-31-23(32)6-7-24(31)33)15-30(21)20-8-12-29(13-9-20)25-27-10-1-11-28-25/h1-5,10-11,20-22H,6-9,12-17H2/t21?,22-/m1/s1. The van der Waals surface area contributed by atoms with Gasteiger partial charge in [-0.1, -0.05) is 23.7 Å². The molecule has 1 aromatic heterocycles. The number of hydrogen-bond acceptors (Lipinski definition) is 7. The number of benzene rings is 1. The molecule has 1 aromatic carbocycles. The molecule has 3 saturated heterocycles. The number of nitrogens with zero attached hydrogens (tertiary/aromatic N) is 5. The van der Waals surface area contributed by atoms with Crippen LogP contribution in [0.5, 0.6) is 0 Å². The fraction of sp³-hybridized carbons (Fsp3) is 0.520. The highest BCUT2D eigenvalue weighted by atomic mass is 35.5. The highest BCUT2D eigenvalue weighted by Crippen LogP contribution is 2.27. The van der Waals surface area contributed by atoms with Gasteiger partial charge in [0.1, 0.15) is 0 Å². The summed E-state index contributed by atoms with van der Waals surface area (Å²) >= 11 is 6.08. The Bertz CT molecular complexity index is 981. The molecule has 0 spiro atoms. The summed E-state index contributed by atoms with van der Waals surface area (Å²) in [7, 11) is 0. The second-order valence-corrected chi connectivity index (χ2v) is 9.74. The third-order valence-electron chi connectivity index (χ3n) is 7.10. The number of aromatic nitrogens is 2. The fourth-order valence-electron chi connectivity index (χ4n) is 5.29. The lowest BCUT2D eigenvalue weighted by Crippen LogP contribution is -2.59. The van der Waals surface area contributed by atoms with Gasteiger partial charge in [0.05, 0.1) is 19.3 Å². The van der Waals surface area contributed by atoms with Crippen LogP contribution in [0.4, 0.5) is 5.95 Å². The topological polar surface area (TPSA) is 78.9 Å². The quantitative estimate of drug-likeness (QED) is 0.584. The summed E-state index contributed by atoms with van der Waals surface area (Å²) in [5.74, 6) is 0.615. The summed E-state index contributed by atoms with van der Waals surface area (Å²) in [5.41, 5.74) is 1.22. The van der Waals surface area contributed by atoms with Gasteiger partial charge in [0, 0.05) is 62.0 Å². The smallest absolute Gasteiger partial charge is 0.229 e. The average molecular weight is 484 g/mol. The number of morpholine rings is 1. The molecular weight excluding hydrogens is 454 g/mol. The van der Waals surface area contributed by atoms with Crippen LogP contribution < -0.4 is 4.90 Å². The Kier molecular flexibility index (Phi) is 7.08. The van der Waals surface area contributed by atoms with Gasteiger partial charge in [-0.25, -0.2) is 9.97 Å². The van der Waals surface area contributed by atoms with Gasteiger partial charge < -0.3 is 9.64 Å². The number of piperidine rings is 1. The molecule has 0 radical (unpaired) electrons. The van der Waals surface area contributed by atoms with Crippen molar-refractivity contribution in [2.24, 2.45) is 0 Å². The Morgan fingerprint density at radius 3 is 2.35 bits per heavy atom. The van der Waals surface area contributed by atoms with Crippen molar-refractivity contribution in [2.75, 3.05) is 37.7 Å². The summed E-state index contributed by atoms with van der Waals surface area (Å²) in [5, 5.41) is 0.732. The first-order valence-electron chi connectivity index (χ1n) is 12.0. The highest BCUT2D eigenvalue weighted by molar-refractivity contribution is 6.30. The predicted octanol–water partition coefficient (Wildman–Crippen LogP) is 2.56. The van der Waals surface area contributed by atoms with Crippen LogP contribution in [0.25, 0.3) is 0 Å². The SMILES string of the molecule is O=C1CCC(=O)N1C[C@H]1CN(C2CCN(c3ncccn3)CC2)C(Cc2ccc(Cl)cc2)CO1. The zero-order valence-electron chi connectivity index (χ0n) is 19.2. The number of imide groups is 1. The summed E-state index contributed by atoms with van der Waals surface area (Å²) in [6.45, 7) is 3.42. The molecule has 0 saturated carbocycles. The van der Waals surface area contributed by atoms with Crippen LogP contribution in [0.1, 0.15) is 31.2 Å². The molecule has 0 N–H and O–H groups in total. The molecule has 180 valence electrons. The lowest BCUT2D eigenvalue weighted by Gasteiger charge is -2.47. The third-order valence-corrected chi connectivity index (χ3v) is 7.35. The fourth-order valence-corrected chi connectivity index (χ4v) is 5.41. The number of hydrogen-bond donors (Lipinski definition) is 0. The van der Waals surface area contributed by atoms with Gasteiger partial charge in [-0.2, -0.15) is 0 Å². The molecule has 5 rings (SSSR count). The molecule has 3 fully saturated rings. The molecule has 3 aliphatic rings. The van der Waals surface area contributed by atoms with Crippen LogP contribution in [-0.4, -0.2) is 82.6 Å². The van der Waals surface area contributed by atoms with E-state index in [1.807, 2.05) is 18.2 Å². The van der Waals surface area contributed by atoms with E-state index in [9.17, 15) is 9.59 Å². The summed E-state index contributed by atoms with van der Waals surface area (Å²) in [6, 6.07) is 10.5. The Morgan fingerprint density at radius 1 is 1.00 bits per heavy atom. The Labute approximate surface area is 204 Å². The number of ether oxygens (including phenoxy) is 1. The van der Waals surface area contributed by atoms with Crippen molar-refractivity contribution in [3.8, 4) is 0 Å². The molecule has 34 heavy (non-hydrogen) atoms. The average Bonchev–Trinajstić information content (AvgIpc) is 3.19. The molecule has 3 aliphatic heterocycles. The number of anilines is 1. The van der Waals surface area contributed by atoms with E-state index < -0.39 is 0 Å². The van der Waals surface area contributed by atoms with Crippen molar-refractivity contribution in [1.29, 1.82) is 0 Å². The van der Waals surface area contributed by atoms with E-state index >= 15 is 0 Å². The zero-order valence-corrected chi connectivity index (χ0v) is 19.9. The first-order valence-corrected chi connectivity index (χ1v) is 12.4. The second-order valence-electron chi connectivity index (χ2n) is 9.30. The van der Waals surface area contributed by atoms with Crippen LogP contribution in [0, 0.1) is 0 Å². The van der Waals surface area contributed by atoms with E-state index in [1.54, 1.807) is 12.4 Å². The summed E-state index contributed by atoms with van der Waals surface area (Å²) in [6.07, 6.45) is 6.90. The van der Waals surface area contributed by atoms with Crippen LogP contribution >= 0.6 is 11.6 Å². The maximum atomic E-state index is 12.2. The second kappa shape index (κ2) is 10.4. The van der Waals surface area contributed by atoms with E-state index in [2.05, 4.69) is 31.9 Å². The highest BCUT2D eigenvalue weighted by Gasteiger charge is 2.38. The maximum Gasteiger partial charge on any atom is 0.229 e. The lowest BCUT2D eigenvalue weighted by molar-refractivity contribution is -0.144. The van der Waals surface area contributed by atoms with Crippen LogP contribution in [0.3, 0.4) is 0 Å². The van der Waals surface area contributed by atoms with Crippen LogP contribution in [-0.2, 0) is 20.7 Å². The molecule has 1 unspecified atom stereocenters. The number of halogens is 1. The number of amides is 2. The minimum atomic E-state index is -0.164. The van der Waals surface area contributed by atoms with Gasteiger partial charge in [-0.3, -0.25) is 19.4 Å². The molecule has 4 heterocycles. The Balaban J connectivity index is 1.28. The van der Waals surface area contributed by atoms with Crippen LogP contribution in [0.2, 0.25) is 5.02 Å².